The van der Waals surface area contributed by atoms with Crippen molar-refractivity contribution in [2.45, 2.75) is 6.11 Å². The Labute approximate surface area is 167 Å². The number of carbonyl (C=O) groups is 1. The van der Waals surface area contributed by atoms with E-state index in [4.69, 9.17) is 20.1 Å². The van der Waals surface area contributed by atoms with Gasteiger partial charge in [0.05, 0.1) is 17.9 Å². The molecular weight excluding hydrogens is 412 g/mol. The van der Waals surface area contributed by atoms with Crippen LogP contribution in [0.1, 0.15) is 0 Å². The number of rotatable bonds is 2. The number of fused-ring (bicyclic) bond motifs is 1. The molecule has 0 N–H and O–H groups in total. The van der Waals surface area contributed by atoms with Crippen LogP contribution in [0.25, 0.3) is 5.69 Å². The Bertz CT molecular complexity index is 1250. The number of alkyl halides is 2. The van der Waals surface area contributed by atoms with E-state index in [0.29, 0.717) is 15.5 Å². The second kappa shape index (κ2) is 6.96. The second-order valence-electron chi connectivity index (χ2n) is 5.90. The Morgan fingerprint density at radius 3 is 2.28 bits per heavy atom. The summed E-state index contributed by atoms with van der Waals surface area (Å²) < 4.78 is 48.9. The fraction of sp³-hybridized carbons (Fsp3) is 0.250. The van der Waals surface area contributed by atoms with Gasteiger partial charge in [-0.05, 0) is 18.3 Å². The molecule has 8 nitrogen and oxygen atoms in total. The van der Waals surface area contributed by atoms with Crippen molar-refractivity contribution in [1.29, 1.82) is 0 Å². The predicted molar refractivity (Wildman–Crippen MR) is 98.5 cm³/mol. The zero-order valence-electron chi connectivity index (χ0n) is 14.9. The number of nitrogens with zero attached hydrogens (tertiary/aromatic N) is 4. The number of amides is 1. The molecule has 1 aromatic heterocycles. The SMILES string of the molecule is [B]C#CCN1C(=O)C(F)(F)Oc2cc(F)c(-n3c(=O)n(C)c(=S)n(C)c3=O)cc21. The Kier molecular flexibility index (Phi) is 4.91. The molecule has 0 atom stereocenters. The van der Waals surface area contributed by atoms with Crippen LogP contribution in [-0.4, -0.2) is 40.1 Å². The van der Waals surface area contributed by atoms with E-state index in [0.717, 1.165) is 15.2 Å². The topological polar surface area (TPSA) is 78.5 Å². The average Bonchev–Trinajstić information content (AvgIpc) is 2.66. The fourth-order valence-corrected chi connectivity index (χ4v) is 2.86. The van der Waals surface area contributed by atoms with E-state index in [1.165, 1.54) is 14.1 Å². The largest absolute Gasteiger partial charge is 0.483 e. The Morgan fingerprint density at radius 1 is 1.14 bits per heavy atom. The first-order valence-electron chi connectivity index (χ1n) is 7.81. The van der Waals surface area contributed by atoms with Crippen LogP contribution >= 0.6 is 12.2 Å². The molecule has 29 heavy (non-hydrogen) atoms. The summed E-state index contributed by atoms with van der Waals surface area (Å²) in [5.74, 6) is 0.554. The van der Waals surface area contributed by atoms with E-state index in [-0.39, 0.29) is 10.5 Å². The van der Waals surface area contributed by atoms with Gasteiger partial charge in [0.1, 0.15) is 0 Å². The van der Waals surface area contributed by atoms with Crippen molar-refractivity contribution in [3.8, 4) is 23.2 Å². The quantitative estimate of drug-likeness (QED) is 0.393. The van der Waals surface area contributed by atoms with Gasteiger partial charge in [-0.1, -0.05) is 5.92 Å². The van der Waals surface area contributed by atoms with Gasteiger partial charge in [-0.15, -0.1) is 0 Å². The Balaban J connectivity index is 2.35. The highest BCUT2D eigenvalue weighted by Gasteiger charge is 2.50. The summed E-state index contributed by atoms with van der Waals surface area (Å²) in [4.78, 5) is 37.6. The van der Waals surface area contributed by atoms with Crippen LogP contribution in [0.15, 0.2) is 21.7 Å². The van der Waals surface area contributed by atoms with E-state index in [2.05, 4.69) is 10.7 Å². The van der Waals surface area contributed by atoms with Crippen molar-refractivity contribution < 1.29 is 22.7 Å². The summed E-state index contributed by atoms with van der Waals surface area (Å²) >= 11 is 4.95. The molecule has 1 aliphatic rings. The van der Waals surface area contributed by atoms with Crippen molar-refractivity contribution in [2.75, 3.05) is 11.4 Å². The van der Waals surface area contributed by atoms with Crippen molar-refractivity contribution in [3.63, 3.8) is 0 Å². The number of hydrogen-bond acceptors (Lipinski definition) is 5. The molecule has 13 heteroatoms. The molecule has 0 fully saturated rings. The third-order valence-corrected chi connectivity index (χ3v) is 4.71. The lowest BCUT2D eigenvalue weighted by Crippen LogP contribution is -2.51. The van der Waals surface area contributed by atoms with E-state index >= 15 is 0 Å². The van der Waals surface area contributed by atoms with E-state index in [1.807, 2.05) is 5.82 Å². The molecule has 3 rings (SSSR count). The van der Waals surface area contributed by atoms with Gasteiger partial charge in [0, 0.05) is 20.2 Å². The van der Waals surface area contributed by atoms with Gasteiger partial charge in [-0.25, -0.2) is 18.5 Å². The summed E-state index contributed by atoms with van der Waals surface area (Å²) in [7, 11) is 7.57. The van der Waals surface area contributed by atoms with E-state index < -0.39 is 47.2 Å². The number of anilines is 1. The van der Waals surface area contributed by atoms with Crippen LogP contribution in [0.3, 0.4) is 0 Å². The lowest BCUT2D eigenvalue weighted by Gasteiger charge is -2.32. The lowest BCUT2D eigenvalue weighted by atomic mass is 10.1. The van der Waals surface area contributed by atoms with Gasteiger partial charge >= 0.3 is 23.4 Å². The Hall–Kier alpha value is -3.27. The fourth-order valence-electron chi connectivity index (χ4n) is 2.70. The summed E-state index contributed by atoms with van der Waals surface area (Å²) in [6, 6.07) is 1.41. The van der Waals surface area contributed by atoms with Gasteiger partial charge in [0.15, 0.2) is 24.2 Å². The van der Waals surface area contributed by atoms with Gasteiger partial charge < -0.3 is 4.74 Å². The minimum absolute atomic E-state index is 0.118. The minimum atomic E-state index is -4.26. The van der Waals surface area contributed by atoms with Gasteiger partial charge in [-0.2, -0.15) is 14.6 Å². The van der Waals surface area contributed by atoms with Gasteiger partial charge in [0.25, 0.3) is 0 Å². The number of carbonyl (C=O) groups excluding carboxylic acids is 1. The first kappa shape index (κ1) is 20.5. The summed E-state index contributed by atoms with van der Waals surface area (Å²) in [5, 5.41) is 0. The highest BCUT2D eigenvalue weighted by Crippen LogP contribution is 2.41. The van der Waals surface area contributed by atoms with Crippen molar-refractivity contribution in [3.05, 3.63) is 43.7 Å². The third kappa shape index (κ3) is 3.15. The van der Waals surface area contributed by atoms with Crippen LogP contribution in [0.5, 0.6) is 5.75 Å². The smallest absolute Gasteiger partial charge is 0.423 e. The molecule has 0 spiro atoms. The second-order valence-corrected chi connectivity index (χ2v) is 6.27. The van der Waals surface area contributed by atoms with Crippen LogP contribution in [0.2, 0.25) is 0 Å². The third-order valence-electron chi connectivity index (χ3n) is 4.16. The number of ether oxygens (including phenoxy) is 1. The maximum Gasteiger partial charge on any atom is 0.483 e. The molecular formula is C16H10BF3N4O4S. The molecule has 0 bridgehead atoms. The molecule has 2 radical (unpaired) electrons. The zero-order chi connectivity index (χ0) is 21.7. The molecule has 0 saturated heterocycles. The molecule has 0 unspecified atom stereocenters. The van der Waals surface area contributed by atoms with Crippen molar-refractivity contribution in [1.82, 2.24) is 13.7 Å². The highest BCUT2D eigenvalue weighted by molar-refractivity contribution is 7.71. The molecule has 0 aliphatic carbocycles. The van der Waals surface area contributed by atoms with Crippen LogP contribution in [0.4, 0.5) is 18.9 Å². The zero-order valence-corrected chi connectivity index (χ0v) is 15.7. The molecule has 0 saturated carbocycles. The highest BCUT2D eigenvalue weighted by atomic mass is 32.1. The first-order valence-corrected chi connectivity index (χ1v) is 8.22. The van der Waals surface area contributed by atoms with E-state index in [1.54, 1.807) is 0 Å². The monoisotopic (exact) mass is 422 g/mol. The van der Waals surface area contributed by atoms with Crippen LogP contribution in [-0.2, 0) is 18.9 Å². The minimum Gasteiger partial charge on any atom is -0.423 e. The molecule has 2 aromatic rings. The van der Waals surface area contributed by atoms with Crippen LogP contribution < -0.4 is 21.0 Å². The molecule has 2 heterocycles. The van der Waals surface area contributed by atoms with Crippen LogP contribution in [0, 0.1) is 22.3 Å². The molecule has 1 amide bonds. The molecule has 1 aliphatic heterocycles. The standard InChI is InChI=1S/C16H10BF3N4O4S/c1-21-13(26)24(14(27)22(2)15(21)29)9-7-10-11(6-8(9)18)28-16(19,20)12(25)23(10)5-3-4-17/h6-7H,5H2,1-2H3. The number of benzene rings is 1. The average molecular weight is 422 g/mol. The summed E-state index contributed by atoms with van der Waals surface area (Å²) in [6.07, 6.45) is -4.26. The maximum atomic E-state index is 14.7. The number of hydrogen-bond donors (Lipinski definition) is 0. The number of halogens is 3. The van der Waals surface area contributed by atoms with Gasteiger partial charge in [-0.3, -0.25) is 18.8 Å². The van der Waals surface area contributed by atoms with Crippen molar-refractivity contribution in [2.24, 2.45) is 14.1 Å². The first-order chi connectivity index (χ1) is 13.5. The van der Waals surface area contributed by atoms with Crippen molar-refractivity contribution >= 4 is 31.7 Å². The predicted octanol–water partition coefficient (Wildman–Crippen LogP) is 0.191. The summed E-state index contributed by atoms with van der Waals surface area (Å²) in [5.41, 5.74) is -2.86. The lowest BCUT2D eigenvalue weighted by molar-refractivity contribution is -0.192. The Morgan fingerprint density at radius 2 is 1.72 bits per heavy atom. The molecule has 148 valence electrons. The molecule has 1 aromatic carbocycles. The summed E-state index contributed by atoms with van der Waals surface area (Å²) in [6.45, 7) is -0.557. The van der Waals surface area contributed by atoms with Gasteiger partial charge in [0.2, 0.25) is 0 Å². The normalized spacial score (nSPS) is 14.7. The van der Waals surface area contributed by atoms with E-state index in [9.17, 15) is 27.6 Å². The number of aromatic nitrogens is 3. The maximum absolute atomic E-state index is 14.7.